The number of carbonyl (C=O) groups excluding carboxylic acids is 1. The topological polar surface area (TPSA) is 75.7 Å². The average Bonchev–Trinajstić information content (AvgIpc) is 3.65. The molecule has 4 rings (SSSR count). The van der Waals surface area contributed by atoms with Gasteiger partial charge in [0, 0.05) is 12.6 Å². The van der Waals surface area contributed by atoms with Gasteiger partial charge in [0.25, 0.3) is 5.91 Å². The number of benzene rings is 2. The van der Waals surface area contributed by atoms with E-state index in [9.17, 15) is 30.8 Å². The number of carbonyl (C=O) groups is 1. The molecule has 1 N–H and O–H groups in total. The number of amides is 1. The van der Waals surface area contributed by atoms with Crippen LogP contribution in [-0.4, -0.2) is 45.2 Å². The molecule has 0 spiro atoms. The van der Waals surface area contributed by atoms with Crippen molar-refractivity contribution in [2.24, 2.45) is 5.92 Å². The molecule has 0 atom stereocenters. The zero-order chi connectivity index (χ0) is 27.8. The standard InChI is InChI=1S/C25H26Cl2F4N2O4S/c1-38(35,36)32-24(34)19-10-18(15-2-3-15)22(11-21(19)28)37-13-14-4-6-33(7-5-14)12-16-8-17(25(29,30)31)9-20(26)23(16)27/h8-11,14-15H,2-7,12-13H2,1H3,(H,32,34). The molecule has 13 heteroatoms. The van der Waals surface area contributed by atoms with Crippen LogP contribution < -0.4 is 9.46 Å². The molecule has 2 fully saturated rings. The number of nitrogens with zero attached hydrogens (tertiary/aromatic N) is 1. The van der Waals surface area contributed by atoms with Crippen LogP contribution in [0.25, 0.3) is 0 Å². The summed E-state index contributed by atoms with van der Waals surface area (Å²) in [5, 5.41) is -0.0354. The second-order valence-electron chi connectivity index (χ2n) is 9.81. The van der Waals surface area contributed by atoms with E-state index in [0.29, 0.717) is 49.4 Å². The SMILES string of the molecule is CS(=O)(=O)NC(=O)c1cc(C2CC2)c(OCC2CCN(Cc3cc(C(F)(F)F)cc(Cl)c3Cl)CC2)cc1F. The lowest BCUT2D eigenvalue weighted by Gasteiger charge is -2.32. The summed E-state index contributed by atoms with van der Waals surface area (Å²) in [7, 11) is -3.84. The first-order valence-corrected chi connectivity index (χ1v) is 14.6. The smallest absolute Gasteiger partial charge is 0.416 e. The number of rotatable bonds is 8. The number of alkyl halides is 3. The molecule has 1 aliphatic heterocycles. The molecule has 1 heterocycles. The highest BCUT2D eigenvalue weighted by Crippen LogP contribution is 2.45. The van der Waals surface area contributed by atoms with E-state index in [1.807, 2.05) is 4.90 Å². The summed E-state index contributed by atoms with van der Waals surface area (Å²) in [5.41, 5.74) is -0.223. The van der Waals surface area contributed by atoms with Gasteiger partial charge in [-0.3, -0.25) is 9.69 Å². The third-order valence-corrected chi connectivity index (χ3v) is 8.04. The van der Waals surface area contributed by atoms with Crippen LogP contribution in [0.4, 0.5) is 17.6 Å². The largest absolute Gasteiger partial charge is 0.493 e. The molecule has 2 aromatic rings. The number of hydrogen-bond acceptors (Lipinski definition) is 5. The Morgan fingerprint density at radius 1 is 1.11 bits per heavy atom. The van der Waals surface area contributed by atoms with Crippen molar-refractivity contribution < 1.29 is 35.5 Å². The van der Waals surface area contributed by atoms with Crippen LogP contribution in [0.1, 0.15) is 58.6 Å². The van der Waals surface area contributed by atoms with Crippen molar-refractivity contribution >= 4 is 39.1 Å². The summed E-state index contributed by atoms with van der Waals surface area (Å²) in [6.07, 6.45) is -0.579. The summed E-state index contributed by atoms with van der Waals surface area (Å²) in [5.74, 6) is -1.34. The summed E-state index contributed by atoms with van der Waals surface area (Å²) in [6.45, 7) is 1.74. The van der Waals surface area contributed by atoms with Crippen molar-refractivity contribution in [3.63, 3.8) is 0 Å². The van der Waals surface area contributed by atoms with E-state index in [4.69, 9.17) is 27.9 Å². The second-order valence-corrected chi connectivity index (χ2v) is 12.3. The minimum Gasteiger partial charge on any atom is -0.493 e. The van der Waals surface area contributed by atoms with E-state index < -0.39 is 33.5 Å². The summed E-state index contributed by atoms with van der Waals surface area (Å²) >= 11 is 12.1. The van der Waals surface area contributed by atoms with Gasteiger partial charge < -0.3 is 4.74 Å². The molecular formula is C25H26Cl2F4N2O4S. The molecule has 0 unspecified atom stereocenters. The van der Waals surface area contributed by atoms with E-state index in [1.165, 1.54) is 6.07 Å². The molecule has 1 amide bonds. The minimum atomic E-state index is -4.53. The van der Waals surface area contributed by atoms with Gasteiger partial charge in [0.1, 0.15) is 11.6 Å². The Hall–Kier alpha value is -2.08. The first kappa shape index (κ1) is 28.9. The van der Waals surface area contributed by atoms with Gasteiger partial charge in [-0.25, -0.2) is 17.5 Å². The van der Waals surface area contributed by atoms with Gasteiger partial charge in [-0.05, 0) is 79.9 Å². The van der Waals surface area contributed by atoms with E-state index >= 15 is 0 Å². The molecule has 0 aromatic heterocycles. The third-order valence-electron chi connectivity index (χ3n) is 6.65. The lowest BCUT2D eigenvalue weighted by molar-refractivity contribution is -0.137. The fourth-order valence-corrected chi connectivity index (χ4v) is 5.35. The Morgan fingerprint density at radius 3 is 2.34 bits per heavy atom. The predicted molar refractivity (Wildman–Crippen MR) is 136 cm³/mol. The monoisotopic (exact) mass is 596 g/mol. The van der Waals surface area contributed by atoms with Crippen LogP contribution in [0.3, 0.4) is 0 Å². The van der Waals surface area contributed by atoms with E-state index in [0.717, 1.165) is 37.3 Å². The highest BCUT2D eigenvalue weighted by atomic mass is 35.5. The van der Waals surface area contributed by atoms with E-state index in [2.05, 4.69) is 0 Å². The number of sulfonamides is 1. The van der Waals surface area contributed by atoms with Crippen LogP contribution in [0.5, 0.6) is 5.75 Å². The normalized spacial score (nSPS) is 17.4. The fraction of sp³-hybridized carbons (Fsp3) is 0.480. The molecule has 2 aliphatic rings. The molecule has 6 nitrogen and oxygen atoms in total. The van der Waals surface area contributed by atoms with Gasteiger partial charge in [-0.2, -0.15) is 13.2 Å². The maximum absolute atomic E-state index is 14.7. The zero-order valence-corrected chi connectivity index (χ0v) is 22.7. The minimum absolute atomic E-state index is 0.105. The van der Waals surface area contributed by atoms with Crippen LogP contribution in [0.15, 0.2) is 24.3 Å². The number of hydrogen-bond donors (Lipinski definition) is 1. The first-order valence-electron chi connectivity index (χ1n) is 12.0. The summed E-state index contributed by atoms with van der Waals surface area (Å²) in [6, 6.07) is 4.33. The van der Waals surface area contributed by atoms with Crippen LogP contribution in [0, 0.1) is 11.7 Å². The Bertz CT molecular complexity index is 1330. The van der Waals surface area contributed by atoms with E-state index in [-0.39, 0.29) is 34.0 Å². The maximum Gasteiger partial charge on any atom is 0.416 e. The van der Waals surface area contributed by atoms with Crippen molar-refractivity contribution in [1.82, 2.24) is 9.62 Å². The maximum atomic E-state index is 14.7. The molecule has 1 saturated carbocycles. The Labute approximate surface area is 228 Å². The fourth-order valence-electron chi connectivity index (χ4n) is 4.49. The number of nitrogens with one attached hydrogen (secondary N) is 1. The molecule has 1 saturated heterocycles. The predicted octanol–water partition coefficient (Wildman–Crippen LogP) is 6.01. The van der Waals surface area contributed by atoms with Crippen molar-refractivity contribution in [1.29, 1.82) is 0 Å². The Morgan fingerprint density at radius 2 is 1.76 bits per heavy atom. The van der Waals surface area contributed by atoms with Crippen molar-refractivity contribution in [2.75, 3.05) is 26.0 Å². The first-order chi connectivity index (χ1) is 17.7. The molecule has 0 bridgehead atoms. The van der Waals surface area contributed by atoms with Gasteiger partial charge in [0.2, 0.25) is 10.0 Å². The number of piperidine rings is 1. The van der Waals surface area contributed by atoms with Gasteiger partial charge in [0.05, 0.1) is 34.0 Å². The molecule has 38 heavy (non-hydrogen) atoms. The lowest BCUT2D eigenvalue weighted by atomic mass is 9.97. The van der Waals surface area contributed by atoms with Crippen molar-refractivity contribution in [2.45, 2.75) is 44.3 Å². The highest BCUT2D eigenvalue weighted by molar-refractivity contribution is 7.89. The van der Waals surface area contributed by atoms with Crippen LogP contribution in [-0.2, 0) is 22.7 Å². The second kappa shape index (κ2) is 11.2. The highest BCUT2D eigenvalue weighted by Gasteiger charge is 2.33. The van der Waals surface area contributed by atoms with Gasteiger partial charge in [-0.15, -0.1) is 0 Å². The average molecular weight is 597 g/mol. The zero-order valence-electron chi connectivity index (χ0n) is 20.4. The summed E-state index contributed by atoms with van der Waals surface area (Å²) in [4.78, 5) is 14.2. The number of halogens is 6. The van der Waals surface area contributed by atoms with Gasteiger partial charge in [-0.1, -0.05) is 23.2 Å². The van der Waals surface area contributed by atoms with Crippen molar-refractivity contribution in [3.05, 3.63) is 62.4 Å². The van der Waals surface area contributed by atoms with Crippen LogP contribution >= 0.6 is 23.2 Å². The number of likely N-dealkylation sites (tertiary alicyclic amines) is 1. The Balaban J connectivity index is 1.37. The lowest BCUT2D eigenvalue weighted by Crippen LogP contribution is -2.35. The molecule has 208 valence electrons. The van der Waals surface area contributed by atoms with Gasteiger partial charge in [0.15, 0.2) is 0 Å². The Kier molecular flexibility index (Phi) is 8.52. The molecule has 0 radical (unpaired) electrons. The third kappa shape index (κ3) is 7.31. The quantitative estimate of drug-likeness (QED) is 0.378. The molecule has 2 aromatic carbocycles. The number of ether oxygens (including phenoxy) is 1. The van der Waals surface area contributed by atoms with Gasteiger partial charge >= 0.3 is 6.18 Å². The van der Waals surface area contributed by atoms with E-state index in [1.54, 1.807) is 4.72 Å². The van der Waals surface area contributed by atoms with Crippen LogP contribution in [0.2, 0.25) is 10.0 Å². The molecular weight excluding hydrogens is 571 g/mol. The van der Waals surface area contributed by atoms with Crippen molar-refractivity contribution in [3.8, 4) is 5.75 Å². The summed E-state index contributed by atoms with van der Waals surface area (Å²) < 4.78 is 84.7. The molecule has 1 aliphatic carbocycles.